The van der Waals surface area contributed by atoms with Gasteiger partial charge in [-0.25, -0.2) is 0 Å². The topological polar surface area (TPSA) is 85.4 Å². The Hall–Kier alpha value is -2.11. The molecule has 2 heterocycles. The van der Waals surface area contributed by atoms with E-state index in [4.69, 9.17) is 5.73 Å². The Morgan fingerprint density at radius 2 is 1.63 bits per heavy atom. The summed E-state index contributed by atoms with van der Waals surface area (Å²) in [5.41, 5.74) is 5.88. The van der Waals surface area contributed by atoms with Gasteiger partial charge in [-0.1, -0.05) is 13.8 Å². The van der Waals surface area contributed by atoms with E-state index in [0.717, 1.165) is 0 Å². The van der Waals surface area contributed by atoms with Gasteiger partial charge >= 0.3 is 0 Å². The van der Waals surface area contributed by atoms with E-state index < -0.39 is 0 Å². The average Bonchev–Trinajstić information content (AvgIpc) is 2.56. The zero-order chi connectivity index (χ0) is 14.2. The van der Waals surface area contributed by atoms with E-state index in [1.54, 1.807) is 13.8 Å². The number of carbonyl (C=O) groups excluding carboxylic acids is 2. The Morgan fingerprint density at radius 3 is 2.21 bits per heavy atom. The highest BCUT2D eigenvalue weighted by atomic mass is 16.2. The second-order valence-electron chi connectivity index (χ2n) is 4.90. The van der Waals surface area contributed by atoms with E-state index in [-0.39, 0.29) is 42.3 Å². The predicted octanol–water partition coefficient (Wildman–Crippen LogP) is 0.0715. The fourth-order valence-corrected chi connectivity index (χ4v) is 2.18. The number of hydrogen-bond acceptors (Lipinski definition) is 4. The van der Waals surface area contributed by atoms with Crippen LogP contribution in [0.1, 0.15) is 13.8 Å². The number of hydrogen-bond donors (Lipinski definition) is 1. The lowest BCUT2D eigenvalue weighted by Crippen LogP contribution is -2.35. The first-order valence-electron chi connectivity index (χ1n) is 6.23. The highest BCUT2D eigenvalue weighted by Crippen LogP contribution is 2.24. The van der Waals surface area contributed by atoms with Crippen LogP contribution in [0, 0.1) is 11.8 Å². The van der Waals surface area contributed by atoms with E-state index in [1.807, 2.05) is 0 Å². The van der Waals surface area contributed by atoms with Crippen molar-refractivity contribution in [1.82, 2.24) is 9.47 Å². The van der Waals surface area contributed by atoms with Crippen LogP contribution >= 0.6 is 0 Å². The van der Waals surface area contributed by atoms with Crippen molar-refractivity contribution in [3.63, 3.8) is 0 Å². The summed E-state index contributed by atoms with van der Waals surface area (Å²) >= 11 is 0. The van der Waals surface area contributed by atoms with Crippen LogP contribution in [-0.4, -0.2) is 27.8 Å². The summed E-state index contributed by atoms with van der Waals surface area (Å²) in [7, 11) is 0. The average molecular weight is 263 g/mol. The minimum Gasteiger partial charge on any atom is -0.398 e. The van der Waals surface area contributed by atoms with E-state index in [9.17, 15) is 14.4 Å². The molecule has 2 rings (SSSR count). The zero-order valence-electron chi connectivity index (χ0n) is 11.0. The van der Waals surface area contributed by atoms with Gasteiger partial charge in [-0.05, 0) is 6.07 Å². The molecule has 1 aliphatic rings. The van der Waals surface area contributed by atoms with Gasteiger partial charge in [0.2, 0.25) is 11.8 Å². The molecule has 1 fully saturated rings. The Kier molecular flexibility index (Phi) is 3.42. The summed E-state index contributed by atoms with van der Waals surface area (Å²) in [4.78, 5) is 36.6. The maximum atomic E-state index is 11.9. The maximum absolute atomic E-state index is 11.9. The van der Waals surface area contributed by atoms with Gasteiger partial charge in [-0.2, -0.15) is 0 Å². The standard InChI is InChI=1S/C13H17N3O3/c1-8-9(2)13(19)16(12(8)18)6-5-15-7-10(14)3-4-11(15)17/h3-4,7-9H,5-6,14H2,1-2H3. The van der Waals surface area contributed by atoms with Gasteiger partial charge in [0.15, 0.2) is 0 Å². The first-order valence-corrected chi connectivity index (χ1v) is 6.23. The highest BCUT2D eigenvalue weighted by Gasteiger charge is 2.41. The third-order valence-corrected chi connectivity index (χ3v) is 3.63. The molecule has 2 amide bonds. The molecule has 0 aliphatic carbocycles. The first kappa shape index (κ1) is 13.3. The molecule has 1 aromatic rings. The van der Waals surface area contributed by atoms with E-state index in [1.165, 1.54) is 27.8 Å². The molecule has 0 bridgehead atoms. The molecule has 0 aromatic carbocycles. The third-order valence-electron chi connectivity index (χ3n) is 3.63. The van der Waals surface area contributed by atoms with Crippen LogP contribution in [0.2, 0.25) is 0 Å². The number of nitrogen functional groups attached to an aromatic ring is 1. The zero-order valence-corrected chi connectivity index (χ0v) is 11.0. The van der Waals surface area contributed by atoms with Crippen LogP contribution < -0.4 is 11.3 Å². The molecule has 2 N–H and O–H groups in total. The second-order valence-corrected chi connectivity index (χ2v) is 4.90. The Balaban J connectivity index is 2.11. The number of carbonyl (C=O) groups is 2. The van der Waals surface area contributed by atoms with Crippen molar-refractivity contribution in [2.45, 2.75) is 20.4 Å². The number of rotatable bonds is 3. The van der Waals surface area contributed by atoms with Crippen molar-refractivity contribution in [3.8, 4) is 0 Å². The van der Waals surface area contributed by atoms with E-state index >= 15 is 0 Å². The molecular formula is C13H17N3O3. The number of amides is 2. The molecule has 0 saturated carbocycles. The fourth-order valence-electron chi connectivity index (χ4n) is 2.18. The van der Waals surface area contributed by atoms with Gasteiger partial charge < -0.3 is 10.3 Å². The van der Waals surface area contributed by atoms with Crippen molar-refractivity contribution in [2.75, 3.05) is 12.3 Å². The molecule has 1 aromatic heterocycles. The van der Waals surface area contributed by atoms with Crippen molar-refractivity contribution in [3.05, 3.63) is 28.7 Å². The number of nitrogens with two attached hydrogens (primary N) is 1. The lowest BCUT2D eigenvalue weighted by molar-refractivity contribution is -0.139. The third kappa shape index (κ3) is 2.38. The Labute approximate surface area is 110 Å². The number of likely N-dealkylation sites (tertiary alicyclic amines) is 1. The minimum absolute atomic E-state index is 0.172. The number of pyridine rings is 1. The van der Waals surface area contributed by atoms with Crippen LogP contribution in [0.4, 0.5) is 5.69 Å². The predicted molar refractivity (Wildman–Crippen MR) is 70.2 cm³/mol. The van der Waals surface area contributed by atoms with E-state index in [2.05, 4.69) is 0 Å². The van der Waals surface area contributed by atoms with Gasteiger partial charge in [-0.15, -0.1) is 0 Å². The molecule has 0 radical (unpaired) electrons. The molecule has 2 atom stereocenters. The highest BCUT2D eigenvalue weighted by molar-refractivity contribution is 6.04. The molecular weight excluding hydrogens is 246 g/mol. The van der Waals surface area contributed by atoms with Gasteiger partial charge in [0.1, 0.15) is 0 Å². The van der Waals surface area contributed by atoms with Crippen LogP contribution in [0.15, 0.2) is 23.1 Å². The molecule has 2 unspecified atom stereocenters. The molecule has 0 spiro atoms. The summed E-state index contributed by atoms with van der Waals surface area (Å²) in [6.07, 6.45) is 1.51. The first-order chi connectivity index (χ1) is 8.91. The molecule has 1 aliphatic heterocycles. The van der Waals surface area contributed by atoms with Crippen LogP contribution in [0.25, 0.3) is 0 Å². The summed E-state index contributed by atoms with van der Waals surface area (Å²) < 4.78 is 1.41. The number of imide groups is 1. The van der Waals surface area contributed by atoms with Gasteiger partial charge in [0, 0.05) is 42.9 Å². The van der Waals surface area contributed by atoms with Crippen molar-refractivity contribution < 1.29 is 9.59 Å². The fraction of sp³-hybridized carbons (Fsp3) is 0.462. The molecule has 19 heavy (non-hydrogen) atoms. The summed E-state index contributed by atoms with van der Waals surface area (Å²) in [6.45, 7) is 3.96. The monoisotopic (exact) mass is 263 g/mol. The number of aromatic nitrogens is 1. The van der Waals surface area contributed by atoms with Crippen LogP contribution in [-0.2, 0) is 16.1 Å². The summed E-state index contributed by atoms with van der Waals surface area (Å²) in [6, 6.07) is 2.89. The summed E-state index contributed by atoms with van der Waals surface area (Å²) in [5, 5.41) is 0. The van der Waals surface area contributed by atoms with Crippen molar-refractivity contribution >= 4 is 17.5 Å². The Bertz CT molecular complexity index is 559. The lowest BCUT2D eigenvalue weighted by Gasteiger charge is -2.15. The lowest BCUT2D eigenvalue weighted by atomic mass is 10.00. The quantitative estimate of drug-likeness (QED) is 0.782. The normalized spacial score (nSPS) is 23.2. The minimum atomic E-state index is -0.287. The summed E-state index contributed by atoms with van der Waals surface area (Å²) in [5.74, 6) is -0.918. The molecule has 1 saturated heterocycles. The van der Waals surface area contributed by atoms with Crippen LogP contribution in [0.5, 0.6) is 0 Å². The molecule has 6 heteroatoms. The van der Waals surface area contributed by atoms with Gasteiger partial charge in [-0.3, -0.25) is 19.3 Å². The molecule has 6 nitrogen and oxygen atoms in total. The second kappa shape index (κ2) is 4.87. The van der Waals surface area contributed by atoms with Gasteiger partial charge in [0.25, 0.3) is 5.56 Å². The smallest absolute Gasteiger partial charge is 0.250 e. The molecule has 102 valence electrons. The Morgan fingerprint density at radius 1 is 1.05 bits per heavy atom. The van der Waals surface area contributed by atoms with E-state index in [0.29, 0.717) is 5.69 Å². The SMILES string of the molecule is CC1C(=O)N(CCn2cc(N)ccc2=O)C(=O)C1C. The van der Waals surface area contributed by atoms with Gasteiger partial charge in [0.05, 0.1) is 0 Å². The maximum Gasteiger partial charge on any atom is 0.250 e. The largest absolute Gasteiger partial charge is 0.398 e. The van der Waals surface area contributed by atoms with Crippen LogP contribution in [0.3, 0.4) is 0 Å². The van der Waals surface area contributed by atoms with Crippen molar-refractivity contribution in [2.24, 2.45) is 11.8 Å². The number of nitrogens with zero attached hydrogens (tertiary/aromatic N) is 2. The number of anilines is 1. The van der Waals surface area contributed by atoms with Crippen molar-refractivity contribution in [1.29, 1.82) is 0 Å².